The third-order valence-electron chi connectivity index (χ3n) is 2.94. The lowest BCUT2D eigenvalue weighted by atomic mass is 10.3. The molecule has 0 atom stereocenters. The molecule has 0 aliphatic heterocycles. The molecule has 2 aromatic carbocycles. The smallest absolute Gasteiger partial charge is 0.408 e. The van der Waals surface area contributed by atoms with Crippen LogP contribution < -0.4 is 10.5 Å². The fourth-order valence-corrected chi connectivity index (χ4v) is 3.87. The Balaban J connectivity index is 2.08. The van der Waals surface area contributed by atoms with Crippen molar-refractivity contribution in [2.45, 2.75) is 4.90 Å². The van der Waals surface area contributed by atoms with Crippen LogP contribution >= 0.6 is 27.5 Å². The lowest BCUT2D eigenvalue weighted by Gasteiger charge is -2.10. The number of nitrogens with one attached hydrogen (secondary N) is 2. The number of aromatic nitrogens is 1. The van der Waals surface area contributed by atoms with E-state index in [1.54, 1.807) is 0 Å². The van der Waals surface area contributed by atoms with E-state index >= 15 is 0 Å². The highest BCUT2D eigenvalue weighted by Gasteiger charge is 2.22. The van der Waals surface area contributed by atoms with Gasteiger partial charge in [-0.1, -0.05) is 27.5 Å². The van der Waals surface area contributed by atoms with Gasteiger partial charge in [-0.15, -0.1) is 0 Å². The van der Waals surface area contributed by atoms with Crippen LogP contribution in [-0.4, -0.2) is 13.4 Å². The number of anilines is 1. The maximum absolute atomic E-state index is 13.8. The molecule has 1 heterocycles. The van der Waals surface area contributed by atoms with Gasteiger partial charge >= 0.3 is 5.76 Å². The first-order valence-corrected chi connectivity index (χ1v) is 8.72. The van der Waals surface area contributed by atoms with Crippen LogP contribution in [0.4, 0.5) is 10.1 Å². The number of H-pyrrole nitrogens is 1. The van der Waals surface area contributed by atoms with Crippen molar-refractivity contribution in [1.82, 2.24) is 4.98 Å². The second-order valence-electron chi connectivity index (χ2n) is 4.52. The number of hydrogen-bond donors (Lipinski definition) is 2. The van der Waals surface area contributed by atoms with E-state index in [1.807, 2.05) is 0 Å². The summed E-state index contributed by atoms with van der Waals surface area (Å²) in [7, 11) is -4.17. The SMILES string of the molecule is O=c1[nH]c2cc(Cl)c(S(=O)(=O)Nc3ccc(Br)cc3F)cc2o1. The number of benzene rings is 2. The van der Waals surface area contributed by atoms with Crippen LogP contribution in [0.5, 0.6) is 0 Å². The largest absolute Gasteiger partial charge is 0.417 e. The first-order valence-electron chi connectivity index (χ1n) is 6.06. The van der Waals surface area contributed by atoms with Crippen molar-refractivity contribution in [1.29, 1.82) is 0 Å². The van der Waals surface area contributed by atoms with E-state index < -0.39 is 21.6 Å². The van der Waals surface area contributed by atoms with Gasteiger partial charge in [0, 0.05) is 10.5 Å². The average Bonchev–Trinajstić information content (AvgIpc) is 2.80. The van der Waals surface area contributed by atoms with Crippen molar-refractivity contribution < 1.29 is 17.2 Å². The summed E-state index contributed by atoms with van der Waals surface area (Å²) >= 11 is 9.02. The van der Waals surface area contributed by atoms with Crippen molar-refractivity contribution in [3.8, 4) is 0 Å². The molecular weight excluding hydrogens is 415 g/mol. The summed E-state index contributed by atoms with van der Waals surface area (Å²) < 4.78 is 46.0. The maximum atomic E-state index is 13.8. The Morgan fingerprint density at radius 2 is 2.00 bits per heavy atom. The Bertz CT molecular complexity index is 1080. The molecule has 0 aliphatic rings. The first-order chi connectivity index (χ1) is 10.8. The number of rotatable bonds is 3. The lowest BCUT2D eigenvalue weighted by Crippen LogP contribution is -2.14. The summed E-state index contributed by atoms with van der Waals surface area (Å²) in [5.41, 5.74) is 0.0460. The zero-order valence-electron chi connectivity index (χ0n) is 11.1. The molecule has 0 saturated carbocycles. The van der Waals surface area contributed by atoms with E-state index in [0.717, 1.165) is 12.1 Å². The van der Waals surface area contributed by atoms with Gasteiger partial charge in [-0.2, -0.15) is 0 Å². The average molecular weight is 422 g/mol. The molecule has 3 aromatic rings. The molecule has 0 amide bonds. The molecule has 0 spiro atoms. The molecule has 1 aromatic heterocycles. The monoisotopic (exact) mass is 420 g/mol. The third kappa shape index (κ3) is 3.12. The summed E-state index contributed by atoms with van der Waals surface area (Å²) in [6.45, 7) is 0. The van der Waals surface area contributed by atoms with Gasteiger partial charge in [0.05, 0.1) is 16.2 Å². The Morgan fingerprint density at radius 1 is 1.26 bits per heavy atom. The Hall–Kier alpha value is -1.84. The first kappa shape index (κ1) is 16.0. The fourth-order valence-electron chi connectivity index (χ4n) is 1.93. The third-order valence-corrected chi connectivity index (χ3v) is 5.26. The molecule has 2 N–H and O–H groups in total. The molecule has 0 bridgehead atoms. The van der Waals surface area contributed by atoms with Crippen LogP contribution in [0.2, 0.25) is 5.02 Å². The highest BCUT2D eigenvalue weighted by atomic mass is 79.9. The van der Waals surface area contributed by atoms with Crippen LogP contribution in [0.3, 0.4) is 0 Å². The predicted molar refractivity (Wildman–Crippen MR) is 86.8 cm³/mol. The molecule has 0 aliphatic carbocycles. The van der Waals surface area contributed by atoms with Gasteiger partial charge in [-0.05, 0) is 24.3 Å². The number of oxazole rings is 1. The molecule has 10 heteroatoms. The summed E-state index contributed by atoms with van der Waals surface area (Å²) in [4.78, 5) is 13.2. The second kappa shape index (κ2) is 5.66. The van der Waals surface area contributed by atoms with Crippen LogP contribution in [0.1, 0.15) is 0 Å². The van der Waals surface area contributed by atoms with E-state index in [9.17, 15) is 17.6 Å². The van der Waals surface area contributed by atoms with Crippen LogP contribution in [0.25, 0.3) is 11.1 Å². The van der Waals surface area contributed by atoms with Crippen molar-refractivity contribution in [3.63, 3.8) is 0 Å². The van der Waals surface area contributed by atoms with Gasteiger partial charge in [0.15, 0.2) is 5.58 Å². The van der Waals surface area contributed by atoms with Crippen molar-refractivity contribution in [2.24, 2.45) is 0 Å². The van der Waals surface area contributed by atoms with E-state index in [-0.39, 0.29) is 26.7 Å². The highest BCUT2D eigenvalue weighted by molar-refractivity contribution is 9.10. The van der Waals surface area contributed by atoms with Crippen molar-refractivity contribution in [2.75, 3.05) is 4.72 Å². The molecule has 0 radical (unpaired) electrons. The van der Waals surface area contributed by atoms with Crippen LogP contribution in [-0.2, 0) is 10.0 Å². The minimum Gasteiger partial charge on any atom is -0.408 e. The number of aromatic amines is 1. The van der Waals surface area contributed by atoms with Gasteiger partial charge < -0.3 is 4.42 Å². The topological polar surface area (TPSA) is 92.2 Å². The molecule has 23 heavy (non-hydrogen) atoms. The minimum absolute atomic E-state index is 0.0241. The molecule has 0 saturated heterocycles. The van der Waals surface area contributed by atoms with E-state index in [1.165, 1.54) is 18.2 Å². The van der Waals surface area contributed by atoms with Gasteiger partial charge in [-0.3, -0.25) is 9.71 Å². The Morgan fingerprint density at radius 3 is 2.70 bits per heavy atom. The number of fused-ring (bicyclic) bond motifs is 1. The van der Waals surface area contributed by atoms with Crippen molar-refractivity contribution in [3.05, 3.63) is 56.2 Å². The van der Waals surface area contributed by atoms with Crippen LogP contribution in [0, 0.1) is 5.82 Å². The fraction of sp³-hybridized carbons (Fsp3) is 0. The Kier molecular flexibility index (Phi) is 3.95. The summed E-state index contributed by atoms with van der Waals surface area (Å²) in [6.07, 6.45) is 0. The van der Waals surface area contributed by atoms with Gasteiger partial charge in [-0.25, -0.2) is 17.6 Å². The molecule has 3 rings (SSSR count). The predicted octanol–water partition coefficient (Wildman–Crippen LogP) is 3.48. The van der Waals surface area contributed by atoms with Gasteiger partial charge in [0.25, 0.3) is 10.0 Å². The number of sulfonamides is 1. The van der Waals surface area contributed by atoms with Crippen LogP contribution in [0.15, 0.2) is 48.9 Å². The normalized spacial score (nSPS) is 11.8. The summed E-state index contributed by atoms with van der Waals surface area (Å²) in [5.74, 6) is -1.49. The Labute approximate surface area is 142 Å². The number of hydrogen-bond acceptors (Lipinski definition) is 4. The zero-order valence-corrected chi connectivity index (χ0v) is 14.2. The van der Waals surface area contributed by atoms with Gasteiger partial charge in [0.1, 0.15) is 10.7 Å². The zero-order chi connectivity index (χ0) is 16.8. The lowest BCUT2D eigenvalue weighted by molar-refractivity contribution is 0.554. The summed E-state index contributed by atoms with van der Waals surface area (Å²) in [6, 6.07) is 6.20. The van der Waals surface area contributed by atoms with E-state index in [0.29, 0.717) is 4.47 Å². The quantitative estimate of drug-likeness (QED) is 0.677. The molecule has 120 valence electrons. The number of halogens is 3. The van der Waals surface area contributed by atoms with Gasteiger partial charge in [0.2, 0.25) is 0 Å². The highest BCUT2D eigenvalue weighted by Crippen LogP contribution is 2.29. The molecule has 0 fully saturated rings. The van der Waals surface area contributed by atoms with E-state index in [2.05, 4.69) is 25.6 Å². The van der Waals surface area contributed by atoms with Crippen molar-refractivity contribution >= 4 is 54.3 Å². The molecule has 0 unspecified atom stereocenters. The second-order valence-corrected chi connectivity index (χ2v) is 7.50. The standard InChI is InChI=1S/C13H7BrClFN2O4S/c14-6-1-2-9(8(16)3-6)18-23(20,21)12-5-11-10(4-7(12)15)17-13(19)22-11/h1-5,18H,(H,17,19). The van der Waals surface area contributed by atoms with E-state index in [4.69, 9.17) is 16.0 Å². The molecule has 6 nitrogen and oxygen atoms in total. The summed E-state index contributed by atoms with van der Waals surface area (Å²) in [5, 5.41) is -0.139. The maximum Gasteiger partial charge on any atom is 0.417 e. The molecular formula is C13H7BrClFN2O4S. The minimum atomic E-state index is -4.17.